The summed E-state index contributed by atoms with van der Waals surface area (Å²) >= 11 is 0. The third kappa shape index (κ3) is 3.49. The van der Waals surface area contributed by atoms with Gasteiger partial charge in [-0.1, -0.05) is 24.3 Å². The summed E-state index contributed by atoms with van der Waals surface area (Å²) in [5, 5.41) is 5.70. The SMILES string of the molecule is COc1ccc2cccc(CCCC3(NC(C)=O)CCC3)c2c1. The molecular weight excluding hydrogens is 286 g/mol. The summed E-state index contributed by atoms with van der Waals surface area (Å²) in [4.78, 5) is 11.4. The Balaban J connectivity index is 1.70. The monoisotopic (exact) mass is 311 g/mol. The standard InChI is InChI=1S/C20H25NO2/c1-15(22)21-20(12-5-13-20)11-4-8-16-6-3-7-17-9-10-18(23-2)14-19(16)17/h3,6-7,9-10,14H,4-5,8,11-13H2,1-2H3,(H,21,22). The van der Waals surface area contributed by atoms with Crippen molar-refractivity contribution >= 4 is 16.7 Å². The predicted octanol–water partition coefficient (Wildman–Crippen LogP) is 4.23. The molecule has 1 N–H and O–H groups in total. The van der Waals surface area contributed by atoms with Crippen molar-refractivity contribution in [2.24, 2.45) is 0 Å². The average Bonchev–Trinajstić information content (AvgIpc) is 2.51. The topological polar surface area (TPSA) is 38.3 Å². The summed E-state index contributed by atoms with van der Waals surface area (Å²) in [5.41, 5.74) is 1.42. The van der Waals surface area contributed by atoms with Crippen LogP contribution in [0.1, 0.15) is 44.6 Å². The Morgan fingerprint density at radius 2 is 2.09 bits per heavy atom. The van der Waals surface area contributed by atoms with Crippen molar-refractivity contribution in [3.63, 3.8) is 0 Å². The van der Waals surface area contributed by atoms with Crippen LogP contribution < -0.4 is 10.1 Å². The summed E-state index contributed by atoms with van der Waals surface area (Å²) in [6, 6.07) is 12.7. The number of aryl methyl sites for hydroxylation is 1. The van der Waals surface area contributed by atoms with Gasteiger partial charge >= 0.3 is 0 Å². The first-order chi connectivity index (χ1) is 11.1. The highest BCUT2D eigenvalue weighted by Crippen LogP contribution is 2.36. The molecule has 1 aliphatic carbocycles. The van der Waals surface area contributed by atoms with Gasteiger partial charge in [0.1, 0.15) is 5.75 Å². The zero-order chi connectivity index (χ0) is 16.3. The van der Waals surface area contributed by atoms with Crippen molar-refractivity contribution in [2.45, 2.75) is 51.0 Å². The Kier molecular flexibility index (Phi) is 4.56. The molecule has 0 atom stereocenters. The van der Waals surface area contributed by atoms with Gasteiger partial charge in [-0.25, -0.2) is 0 Å². The first-order valence-electron chi connectivity index (χ1n) is 8.46. The lowest BCUT2D eigenvalue weighted by Crippen LogP contribution is -2.52. The van der Waals surface area contributed by atoms with Crippen LogP contribution in [0, 0.1) is 0 Å². The number of amides is 1. The largest absolute Gasteiger partial charge is 0.497 e. The molecule has 23 heavy (non-hydrogen) atoms. The molecule has 122 valence electrons. The molecule has 2 aromatic carbocycles. The predicted molar refractivity (Wildman–Crippen MR) is 93.8 cm³/mol. The lowest BCUT2D eigenvalue weighted by atomic mass is 9.73. The number of fused-ring (bicyclic) bond motifs is 1. The van der Waals surface area contributed by atoms with Gasteiger partial charge in [-0.3, -0.25) is 4.79 Å². The molecule has 3 rings (SSSR count). The molecule has 1 saturated carbocycles. The second-order valence-corrected chi connectivity index (χ2v) is 6.67. The van der Waals surface area contributed by atoms with Crippen molar-refractivity contribution in [2.75, 3.05) is 7.11 Å². The van der Waals surface area contributed by atoms with Gasteiger partial charge in [0.05, 0.1) is 7.11 Å². The van der Waals surface area contributed by atoms with Crippen LogP contribution in [0.2, 0.25) is 0 Å². The maximum absolute atomic E-state index is 11.4. The van der Waals surface area contributed by atoms with Crippen LogP contribution in [0.3, 0.4) is 0 Å². The van der Waals surface area contributed by atoms with E-state index in [2.05, 4.69) is 35.6 Å². The normalized spacial score (nSPS) is 15.9. The van der Waals surface area contributed by atoms with Gasteiger partial charge in [0.25, 0.3) is 0 Å². The van der Waals surface area contributed by atoms with E-state index in [-0.39, 0.29) is 11.4 Å². The molecule has 1 aliphatic rings. The van der Waals surface area contributed by atoms with Crippen LogP contribution in [0.25, 0.3) is 10.8 Å². The van der Waals surface area contributed by atoms with Crippen LogP contribution >= 0.6 is 0 Å². The average molecular weight is 311 g/mol. The molecule has 0 aliphatic heterocycles. The highest BCUT2D eigenvalue weighted by molar-refractivity contribution is 5.87. The van der Waals surface area contributed by atoms with Gasteiger partial charge in [0, 0.05) is 12.5 Å². The maximum Gasteiger partial charge on any atom is 0.217 e. The van der Waals surface area contributed by atoms with Crippen molar-refractivity contribution in [3.8, 4) is 5.75 Å². The molecule has 0 saturated heterocycles. The van der Waals surface area contributed by atoms with E-state index in [9.17, 15) is 4.79 Å². The highest BCUT2D eigenvalue weighted by atomic mass is 16.5. The minimum absolute atomic E-state index is 0.0636. The molecular formula is C20H25NO2. The van der Waals surface area contributed by atoms with Crippen molar-refractivity contribution in [3.05, 3.63) is 42.0 Å². The minimum atomic E-state index is 0.0636. The van der Waals surface area contributed by atoms with Crippen LogP contribution in [-0.2, 0) is 11.2 Å². The lowest BCUT2D eigenvalue weighted by Gasteiger charge is -2.42. The van der Waals surface area contributed by atoms with Gasteiger partial charge in [-0.05, 0) is 67.0 Å². The number of hydrogen-bond acceptors (Lipinski definition) is 2. The van der Waals surface area contributed by atoms with E-state index in [0.717, 1.165) is 37.9 Å². The summed E-state index contributed by atoms with van der Waals surface area (Å²) < 4.78 is 5.36. The van der Waals surface area contributed by atoms with Gasteiger partial charge in [0.2, 0.25) is 5.91 Å². The molecule has 1 amide bonds. The summed E-state index contributed by atoms with van der Waals surface area (Å²) in [7, 11) is 1.71. The molecule has 0 bridgehead atoms. The van der Waals surface area contributed by atoms with Crippen LogP contribution in [0.4, 0.5) is 0 Å². The summed E-state index contributed by atoms with van der Waals surface area (Å²) in [6.45, 7) is 1.62. The summed E-state index contributed by atoms with van der Waals surface area (Å²) in [5.74, 6) is 0.998. The van der Waals surface area contributed by atoms with Crippen LogP contribution in [-0.4, -0.2) is 18.6 Å². The first kappa shape index (κ1) is 15.9. The number of hydrogen-bond donors (Lipinski definition) is 1. The third-order valence-electron chi connectivity index (χ3n) is 5.03. The smallest absolute Gasteiger partial charge is 0.217 e. The molecule has 0 heterocycles. The van der Waals surface area contributed by atoms with E-state index in [1.54, 1.807) is 14.0 Å². The quantitative estimate of drug-likeness (QED) is 0.867. The number of methoxy groups -OCH3 is 1. The molecule has 0 aromatic heterocycles. The van der Waals surface area contributed by atoms with Gasteiger partial charge in [0.15, 0.2) is 0 Å². The van der Waals surface area contributed by atoms with E-state index in [1.165, 1.54) is 22.8 Å². The number of benzene rings is 2. The van der Waals surface area contributed by atoms with E-state index >= 15 is 0 Å². The summed E-state index contributed by atoms with van der Waals surface area (Å²) in [6.07, 6.45) is 6.66. The fourth-order valence-electron chi connectivity index (χ4n) is 3.69. The van der Waals surface area contributed by atoms with Gasteiger partial charge in [-0.2, -0.15) is 0 Å². The highest BCUT2D eigenvalue weighted by Gasteiger charge is 2.36. The number of carbonyl (C=O) groups is 1. The number of carbonyl (C=O) groups excluding carboxylic acids is 1. The maximum atomic E-state index is 11.4. The number of ether oxygens (including phenoxy) is 1. The van der Waals surface area contributed by atoms with E-state index in [4.69, 9.17) is 4.74 Å². The Hall–Kier alpha value is -2.03. The molecule has 2 aromatic rings. The second-order valence-electron chi connectivity index (χ2n) is 6.67. The Bertz CT molecular complexity index is 704. The zero-order valence-electron chi connectivity index (χ0n) is 14.0. The third-order valence-corrected chi connectivity index (χ3v) is 5.03. The molecule has 1 fully saturated rings. The fourth-order valence-corrected chi connectivity index (χ4v) is 3.69. The Morgan fingerprint density at radius 3 is 2.74 bits per heavy atom. The molecule has 3 nitrogen and oxygen atoms in total. The molecule has 0 unspecified atom stereocenters. The van der Waals surface area contributed by atoms with Gasteiger partial charge < -0.3 is 10.1 Å². The minimum Gasteiger partial charge on any atom is -0.497 e. The molecule has 3 heteroatoms. The van der Waals surface area contributed by atoms with E-state index in [1.807, 2.05) is 6.07 Å². The molecule has 0 spiro atoms. The zero-order valence-corrected chi connectivity index (χ0v) is 14.0. The van der Waals surface area contributed by atoms with Crippen molar-refractivity contribution < 1.29 is 9.53 Å². The van der Waals surface area contributed by atoms with E-state index in [0.29, 0.717) is 0 Å². The molecule has 0 radical (unpaired) electrons. The fraction of sp³-hybridized carbons (Fsp3) is 0.450. The number of nitrogens with one attached hydrogen (secondary N) is 1. The van der Waals surface area contributed by atoms with E-state index < -0.39 is 0 Å². The van der Waals surface area contributed by atoms with Crippen LogP contribution in [0.5, 0.6) is 5.75 Å². The van der Waals surface area contributed by atoms with Crippen LogP contribution in [0.15, 0.2) is 36.4 Å². The second kappa shape index (κ2) is 6.61. The first-order valence-corrected chi connectivity index (χ1v) is 8.46. The van der Waals surface area contributed by atoms with Crippen molar-refractivity contribution in [1.29, 1.82) is 0 Å². The Morgan fingerprint density at radius 1 is 1.26 bits per heavy atom. The number of rotatable bonds is 6. The Labute approximate surface area is 138 Å². The van der Waals surface area contributed by atoms with Gasteiger partial charge in [-0.15, -0.1) is 0 Å². The lowest BCUT2D eigenvalue weighted by molar-refractivity contribution is -0.122. The van der Waals surface area contributed by atoms with Crippen molar-refractivity contribution in [1.82, 2.24) is 5.32 Å².